The summed E-state index contributed by atoms with van der Waals surface area (Å²) in [4.78, 5) is 53.9. The maximum atomic E-state index is 14.2. The highest BCUT2D eigenvalue weighted by Gasteiger charge is 2.36. The third-order valence-corrected chi connectivity index (χ3v) is 6.43. The van der Waals surface area contributed by atoms with Crippen LogP contribution in [0.25, 0.3) is 0 Å². The van der Waals surface area contributed by atoms with Gasteiger partial charge in [0, 0.05) is 18.7 Å². The molecule has 1 rings (SSSR count). The molecule has 3 amide bonds. The van der Waals surface area contributed by atoms with Gasteiger partial charge in [0.15, 0.2) is 0 Å². The molecule has 0 aliphatic carbocycles. The molecule has 0 aliphatic heterocycles. The van der Waals surface area contributed by atoms with Crippen LogP contribution in [0.3, 0.4) is 0 Å². The topological polar surface area (TPSA) is 114 Å². The molecule has 0 saturated carbocycles. The van der Waals surface area contributed by atoms with Crippen molar-refractivity contribution in [2.45, 2.75) is 84.4 Å². The van der Waals surface area contributed by atoms with E-state index < -0.39 is 41.6 Å². The van der Waals surface area contributed by atoms with Crippen LogP contribution in [0, 0.1) is 12.3 Å². The minimum absolute atomic E-state index is 0.0105. The van der Waals surface area contributed by atoms with Gasteiger partial charge in [0.25, 0.3) is 0 Å². The van der Waals surface area contributed by atoms with E-state index in [9.17, 15) is 19.2 Å². The number of terminal acetylenes is 1. The summed E-state index contributed by atoms with van der Waals surface area (Å²) in [5.74, 6) is 1.91. The molecule has 2 unspecified atom stereocenters. The minimum Gasteiger partial charge on any atom is -0.466 e. The van der Waals surface area contributed by atoms with Crippen molar-refractivity contribution in [2.75, 3.05) is 31.7 Å². The Labute approximate surface area is 243 Å². The van der Waals surface area contributed by atoms with Crippen molar-refractivity contribution in [1.29, 1.82) is 0 Å². The van der Waals surface area contributed by atoms with Gasteiger partial charge in [0.2, 0.25) is 11.8 Å². The summed E-state index contributed by atoms with van der Waals surface area (Å²) in [7, 11) is 0. The lowest BCUT2D eigenvalue weighted by Gasteiger charge is -2.35. The Morgan fingerprint density at radius 2 is 1.82 bits per heavy atom. The van der Waals surface area contributed by atoms with Gasteiger partial charge in [-0.15, -0.1) is 6.42 Å². The first kappa shape index (κ1) is 34.8. The second-order valence-electron chi connectivity index (χ2n) is 10.2. The van der Waals surface area contributed by atoms with Crippen molar-refractivity contribution in [3.8, 4) is 12.3 Å². The van der Waals surface area contributed by atoms with E-state index >= 15 is 0 Å². The van der Waals surface area contributed by atoms with Crippen LogP contribution >= 0.6 is 11.8 Å². The zero-order valence-corrected chi connectivity index (χ0v) is 25.5. The summed E-state index contributed by atoms with van der Waals surface area (Å²) in [6.07, 6.45) is 9.72. The van der Waals surface area contributed by atoms with E-state index in [2.05, 4.69) is 16.6 Å². The molecule has 10 heteroatoms. The Morgan fingerprint density at radius 1 is 1.12 bits per heavy atom. The average Bonchev–Trinajstić information content (AvgIpc) is 2.89. The van der Waals surface area contributed by atoms with Crippen molar-refractivity contribution < 1.29 is 28.7 Å². The number of benzene rings is 1. The largest absolute Gasteiger partial charge is 0.466 e. The normalized spacial score (nSPS) is 12.4. The van der Waals surface area contributed by atoms with E-state index in [4.69, 9.17) is 15.9 Å². The second kappa shape index (κ2) is 18.2. The molecule has 9 nitrogen and oxygen atoms in total. The van der Waals surface area contributed by atoms with Crippen molar-refractivity contribution in [3.63, 3.8) is 0 Å². The molecule has 2 N–H and O–H groups in total. The lowest BCUT2D eigenvalue weighted by Crippen LogP contribution is -2.53. The number of thioether (sulfide) groups is 1. The van der Waals surface area contributed by atoms with Gasteiger partial charge >= 0.3 is 12.1 Å². The Hall–Kier alpha value is -3.19. The number of nitrogens with zero attached hydrogens (tertiary/aromatic N) is 1. The molecule has 0 aliphatic rings. The van der Waals surface area contributed by atoms with E-state index in [0.29, 0.717) is 29.7 Å². The molecule has 0 aromatic heterocycles. The lowest BCUT2D eigenvalue weighted by molar-refractivity contribution is -0.144. The lowest BCUT2D eigenvalue weighted by atomic mass is 9.97. The number of hydrogen-bond acceptors (Lipinski definition) is 7. The minimum atomic E-state index is -1.07. The van der Waals surface area contributed by atoms with Crippen molar-refractivity contribution in [3.05, 3.63) is 35.4 Å². The van der Waals surface area contributed by atoms with Gasteiger partial charge in [-0.05, 0) is 64.2 Å². The molecule has 0 fully saturated rings. The average molecular weight is 576 g/mol. The van der Waals surface area contributed by atoms with Crippen LogP contribution in [0.4, 0.5) is 4.79 Å². The number of carbonyl (C=O) groups excluding carboxylic acids is 4. The molecule has 222 valence electrons. The van der Waals surface area contributed by atoms with Crippen molar-refractivity contribution >= 4 is 35.6 Å². The Kier molecular flexibility index (Phi) is 15.9. The first-order chi connectivity index (χ1) is 19.0. The van der Waals surface area contributed by atoms with Crippen LogP contribution in [0.5, 0.6) is 0 Å². The van der Waals surface area contributed by atoms with Crippen molar-refractivity contribution in [1.82, 2.24) is 15.5 Å². The number of carbonyl (C=O) groups is 4. The number of hydrogen-bond donors (Lipinski definition) is 2. The third kappa shape index (κ3) is 12.3. The highest BCUT2D eigenvalue weighted by Crippen LogP contribution is 2.27. The van der Waals surface area contributed by atoms with Crippen LogP contribution in [-0.4, -0.2) is 72.1 Å². The Balaban J connectivity index is 3.49. The first-order valence-corrected chi connectivity index (χ1v) is 15.2. The van der Waals surface area contributed by atoms with Gasteiger partial charge in [0.05, 0.1) is 13.0 Å². The Bertz CT molecular complexity index is 1020. The molecule has 1 aromatic rings. The molecule has 0 bridgehead atoms. The maximum Gasteiger partial charge on any atom is 0.408 e. The molecule has 40 heavy (non-hydrogen) atoms. The smallest absolute Gasteiger partial charge is 0.408 e. The third-order valence-electron chi connectivity index (χ3n) is 5.79. The zero-order valence-electron chi connectivity index (χ0n) is 24.7. The fourth-order valence-corrected chi connectivity index (χ4v) is 4.45. The van der Waals surface area contributed by atoms with Crippen molar-refractivity contribution in [2.24, 2.45) is 0 Å². The molecule has 0 heterocycles. The quantitative estimate of drug-likeness (QED) is 0.170. The van der Waals surface area contributed by atoms with Gasteiger partial charge in [-0.3, -0.25) is 14.4 Å². The predicted octanol–water partition coefficient (Wildman–Crippen LogP) is 4.44. The number of esters is 1. The van der Waals surface area contributed by atoms with Gasteiger partial charge in [-0.2, -0.15) is 11.8 Å². The van der Waals surface area contributed by atoms with E-state index in [1.54, 1.807) is 63.7 Å². The highest BCUT2D eigenvalue weighted by atomic mass is 32.2. The van der Waals surface area contributed by atoms with Crippen LogP contribution in [0.1, 0.15) is 83.9 Å². The first-order valence-electron chi connectivity index (χ1n) is 13.8. The number of nitrogens with one attached hydrogen (secondary N) is 2. The molecular weight excluding hydrogens is 530 g/mol. The van der Waals surface area contributed by atoms with E-state index in [0.717, 1.165) is 12.8 Å². The predicted molar refractivity (Wildman–Crippen MR) is 159 cm³/mol. The zero-order chi connectivity index (χ0) is 30.1. The number of amides is 3. The standard InChI is InChI=1S/C30H45N3O6S/c1-8-11-14-20-33(28(36)24(18-21-40-7)32-29(37)39-30(4,5)6)26(23-16-13-12-15-22(23)9-2)27(35)31-19-17-25(34)38-10-3/h2,12-13,15-16,24,26H,8,10-11,14,17-21H2,1,3-7H3,(H,31,35)(H,32,37). The van der Waals surface area contributed by atoms with Crippen LogP contribution in [-0.2, 0) is 23.9 Å². The van der Waals surface area contributed by atoms with Crippen LogP contribution in [0.2, 0.25) is 0 Å². The molecular formula is C30H45N3O6S. The van der Waals surface area contributed by atoms with E-state index in [-0.39, 0.29) is 26.1 Å². The molecule has 0 spiro atoms. The Morgan fingerprint density at radius 3 is 2.42 bits per heavy atom. The number of rotatable bonds is 16. The van der Waals surface area contributed by atoms with E-state index in [1.807, 2.05) is 13.2 Å². The monoisotopic (exact) mass is 575 g/mol. The molecule has 0 saturated heterocycles. The number of unbranched alkanes of at least 4 members (excludes halogenated alkanes) is 2. The van der Waals surface area contributed by atoms with Crippen LogP contribution in [0.15, 0.2) is 24.3 Å². The second-order valence-corrected chi connectivity index (χ2v) is 11.2. The molecule has 1 aromatic carbocycles. The van der Waals surface area contributed by atoms with Gasteiger partial charge in [-0.25, -0.2) is 4.79 Å². The fraction of sp³-hybridized carbons (Fsp3) is 0.600. The summed E-state index contributed by atoms with van der Waals surface area (Å²) in [5, 5.41) is 5.51. The fourth-order valence-electron chi connectivity index (χ4n) is 3.98. The number of alkyl carbamates (subject to hydrolysis) is 1. The maximum absolute atomic E-state index is 14.2. The molecule has 2 atom stereocenters. The number of ether oxygens (including phenoxy) is 2. The van der Waals surface area contributed by atoms with Gasteiger partial charge < -0.3 is 25.0 Å². The van der Waals surface area contributed by atoms with E-state index in [1.165, 1.54) is 4.90 Å². The highest BCUT2D eigenvalue weighted by molar-refractivity contribution is 7.98. The summed E-state index contributed by atoms with van der Waals surface area (Å²) < 4.78 is 10.4. The van der Waals surface area contributed by atoms with Gasteiger partial charge in [0.1, 0.15) is 17.7 Å². The van der Waals surface area contributed by atoms with Gasteiger partial charge in [-0.1, -0.05) is 43.9 Å². The molecule has 0 radical (unpaired) electrons. The SMILES string of the molecule is C#Cc1ccccc1C(C(=O)NCCC(=O)OCC)N(CCCCC)C(=O)C(CCSC)NC(=O)OC(C)(C)C. The summed E-state index contributed by atoms with van der Waals surface area (Å²) in [6.45, 7) is 9.54. The summed E-state index contributed by atoms with van der Waals surface area (Å²) in [5.41, 5.74) is 0.219. The summed E-state index contributed by atoms with van der Waals surface area (Å²) in [6, 6.07) is 4.97. The summed E-state index contributed by atoms with van der Waals surface area (Å²) >= 11 is 1.54. The van der Waals surface area contributed by atoms with Crippen LogP contribution < -0.4 is 10.6 Å².